The average molecular weight is 258 g/mol. The molecule has 0 unspecified atom stereocenters. The third-order valence-electron chi connectivity index (χ3n) is 2.25. The summed E-state index contributed by atoms with van der Waals surface area (Å²) in [6.45, 7) is 0. The summed E-state index contributed by atoms with van der Waals surface area (Å²) in [7, 11) is -4.18. The maximum atomic E-state index is 11.2. The molecular formula is C12H11NaO3S. The Kier molecular flexibility index (Phi) is 4.91. The van der Waals surface area contributed by atoms with Gasteiger partial charge in [-0.1, -0.05) is 48.5 Å². The van der Waals surface area contributed by atoms with Crippen LogP contribution in [0, 0.1) is 0 Å². The monoisotopic (exact) mass is 258 g/mol. The van der Waals surface area contributed by atoms with Crippen LogP contribution in [-0.4, -0.2) is 13.0 Å². The quantitative estimate of drug-likeness (QED) is 0.595. The predicted octanol–water partition coefficient (Wildman–Crippen LogP) is -0.283. The van der Waals surface area contributed by atoms with E-state index < -0.39 is 10.1 Å². The van der Waals surface area contributed by atoms with E-state index in [1.54, 1.807) is 30.3 Å². The van der Waals surface area contributed by atoms with Crippen LogP contribution in [0.3, 0.4) is 0 Å². The summed E-state index contributed by atoms with van der Waals surface area (Å²) in [6, 6.07) is 15.4. The molecule has 0 aromatic heterocycles. The first kappa shape index (κ1) is 14.4. The van der Waals surface area contributed by atoms with Crippen LogP contribution in [0.15, 0.2) is 59.5 Å². The minimum absolute atomic E-state index is 0. The van der Waals surface area contributed by atoms with Crippen LogP contribution >= 0.6 is 0 Å². The van der Waals surface area contributed by atoms with Gasteiger partial charge in [-0.25, -0.2) is 0 Å². The summed E-state index contributed by atoms with van der Waals surface area (Å²) < 4.78 is 31.5. The van der Waals surface area contributed by atoms with Gasteiger partial charge >= 0.3 is 29.6 Å². The van der Waals surface area contributed by atoms with Crippen molar-refractivity contribution >= 4 is 10.1 Å². The molecule has 0 bridgehead atoms. The Morgan fingerprint density at radius 2 is 1.41 bits per heavy atom. The normalized spacial score (nSPS) is 10.6. The molecule has 0 spiro atoms. The molecule has 0 fully saturated rings. The van der Waals surface area contributed by atoms with Crippen molar-refractivity contribution < 1.29 is 44.0 Å². The van der Waals surface area contributed by atoms with Crippen LogP contribution in [-0.2, 0) is 10.1 Å². The van der Waals surface area contributed by atoms with Crippen molar-refractivity contribution in [3.05, 3.63) is 54.6 Å². The van der Waals surface area contributed by atoms with Crippen molar-refractivity contribution in [3.8, 4) is 11.1 Å². The molecule has 0 atom stereocenters. The zero-order valence-electron chi connectivity index (χ0n) is 10.4. The Hall–Kier alpha value is -0.650. The van der Waals surface area contributed by atoms with Crippen molar-refractivity contribution in [2.45, 2.75) is 4.90 Å². The van der Waals surface area contributed by atoms with Crippen molar-refractivity contribution in [1.82, 2.24) is 0 Å². The molecule has 2 aromatic rings. The van der Waals surface area contributed by atoms with Gasteiger partial charge < -0.3 is 1.43 Å². The van der Waals surface area contributed by atoms with Gasteiger partial charge in [0.2, 0.25) is 0 Å². The van der Waals surface area contributed by atoms with Crippen LogP contribution in [0.25, 0.3) is 11.1 Å². The fourth-order valence-electron chi connectivity index (χ4n) is 1.55. The molecule has 0 aliphatic rings. The molecule has 0 saturated carbocycles. The fourth-order valence-corrected chi connectivity index (χ4v) is 2.26. The third kappa shape index (κ3) is 3.40. The molecule has 0 saturated heterocycles. The second-order valence-corrected chi connectivity index (χ2v) is 4.73. The fraction of sp³-hybridized carbons (Fsp3) is 0. The molecule has 0 aliphatic heterocycles. The molecule has 0 heterocycles. The van der Waals surface area contributed by atoms with Crippen molar-refractivity contribution in [2.24, 2.45) is 0 Å². The van der Waals surface area contributed by atoms with Gasteiger partial charge in [-0.2, -0.15) is 8.42 Å². The SMILES string of the molecule is O=S(=O)(O)c1ccccc1-c1ccccc1.[H-].[Na+]. The Morgan fingerprint density at radius 3 is 2.00 bits per heavy atom. The van der Waals surface area contributed by atoms with Crippen molar-refractivity contribution in [1.29, 1.82) is 0 Å². The van der Waals surface area contributed by atoms with Gasteiger partial charge in [-0.05, 0) is 11.6 Å². The van der Waals surface area contributed by atoms with Gasteiger partial charge in [0.05, 0.1) is 0 Å². The van der Waals surface area contributed by atoms with Crippen LogP contribution < -0.4 is 29.6 Å². The Balaban J connectivity index is 0.00000144. The standard InChI is InChI=1S/C12H10O3S.Na.H/c13-16(14,15)12-9-5-4-8-11(12)10-6-2-1-3-7-10;;/h1-9H,(H,13,14,15);;/q;+1;-1. The molecule has 17 heavy (non-hydrogen) atoms. The van der Waals surface area contributed by atoms with Gasteiger partial charge in [-0.3, -0.25) is 4.55 Å². The number of hydrogen-bond donors (Lipinski definition) is 1. The molecule has 0 aliphatic carbocycles. The first-order valence-corrected chi connectivity index (χ1v) is 6.15. The molecule has 1 N–H and O–H groups in total. The largest absolute Gasteiger partial charge is 1.00 e. The Bertz CT molecular complexity index is 600. The molecule has 0 amide bonds. The second kappa shape index (κ2) is 5.80. The van der Waals surface area contributed by atoms with Crippen LogP contribution in [0.5, 0.6) is 0 Å². The molecule has 5 heteroatoms. The Morgan fingerprint density at radius 1 is 0.882 bits per heavy atom. The summed E-state index contributed by atoms with van der Waals surface area (Å²) in [5.41, 5.74) is 1.27. The first-order chi connectivity index (χ1) is 7.59. The third-order valence-corrected chi connectivity index (χ3v) is 3.16. The maximum Gasteiger partial charge on any atom is 1.00 e. The van der Waals surface area contributed by atoms with Gasteiger partial charge in [0.15, 0.2) is 0 Å². The van der Waals surface area contributed by atoms with Crippen LogP contribution in [0.4, 0.5) is 0 Å². The van der Waals surface area contributed by atoms with E-state index in [4.69, 9.17) is 4.55 Å². The summed E-state index contributed by atoms with van der Waals surface area (Å²) in [5, 5.41) is 0. The summed E-state index contributed by atoms with van der Waals surface area (Å²) in [5.74, 6) is 0. The topological polar surface area (TPSA) is 54.4 Å². The van der Waals surface area contributed by atoms with E-state index in [0.29, 0.717) is 5.56 Å². The summed E-state index contributed by atoms with van der Waals surface area (Å²) in [4.78, 5) is -0.0683. The van der Waals surface area contributed by atoms with Crippen LogP contribution in [0.2, 0.25) is 0 Å². The van der Waals surface area contributed by atoms with E-state index in [9.17, 15) is 8.42 Å². The zero-order chi connectivity index (χ0) is 11.6. The smallest absolute Gasteiger partial charge is 1.00 e. The minimum atomic E-state index is -4.18. The number of rotatable bonds is 2. The minimum Gasteiger partial charge on any atom is -1.00 e. The maximum absolute atomic E-state index is 11.2. The van der Waals surface area contributed by atoms with Gasteiger partial charge in [0, 0.05) is 5.56 Å². The van der Waals surface area contributed by atoms with E-state index in [1.165, 1.54) is 6.07 Å². The number of hydrogen-bond acceptors (Lipinski definition) is 2. The molecule has 3 nitrogen and oxygen atoms in total. The molecular weight excluding hydrogens is 247 g/mol. The van der Waals surface area contributed by atoms with E-state index in [-0.39, 0.29) is 35.9 Å². The average Bonchev–Trinajstić information content (AvgIpc) is 2.29. The summed E-state index contributed by atoms with van der Waals surface area (Å²) in [6.07, 6.45) is 0. The van der Waals surface area contributed by atoms with E-state index in [0.717, 1.165) is 5.56 Å². The zero-order valence-corrected chi connectivity index (χ0v) is 12.2. The predicted molar refractivity (Wildman–Crippen MR) is 62.8 cm³/mol. The van der Waals surface area contributed by atoms with Gasteiger partial charge in [-0.15, -0.1) is 0 Å². The first-order valence-electron chi connectivity index (χ1n) is 4.71. The molecule has 2 aromatic carbocycles. The van der Waals surface area contributed by atoms with Crippen molar-refractivity contribution in [3.63, 3.8) is 0 Å². The van der Waals surface area contributed by atoms with E-state index in [2.05, 4.69) is 0 Å². The molecule has 84 valence electrons. The Labute approximate surface area is 124 Å². The van der Waals surface area contributed by atoms with E-state index >= 15 is 0 Å². The molecule has 2 rings (SSSR count). The number of benzene rings is 2. The van der Waals surface area contributed by atoms with Crippen molar-refractivity contribution in [2.75, 3.05) is 0 Å². The summed E-state index contributed by atoms with van der Waals surface area (Å²) >= 11 is 0. The van der Waals surface area contributed by atoms with Crippen LogP contribution in [0.1, 0.15) is 1.43 Å². The second-order valence-electron chi connectivity index (χ2n) is 3.34. The van der Waals surface area contributed by atoms with Gasteiger partial charge in [0.1, 0.15) is 4.90 Å². The molecule has 0 radical (unpaired) electrons. The van der Waals surface area contributed by atoms with Gasteiger partial charge in [0.25, 0.3) is 10.1 Å². The van der Waals surface area contributed by atoms with E-state index in [1.807, 2.05) is 18.2 Å².